The number of allylic oxidation sites excluding steroid dienone is 1. The zero-order valence-corrected chi connectivity index (χ0v) is 48.0. The van der Waals surface area contributed by atoms with Gasteiger partial charge in [-0.3, -0.25) is 43.3 Å². The van der Waals surface area contributed by atoms with Gasteiger partial charge in [-0.25, -0.2) is 4.98 Å². The van der Waals surface area contributed by atoms with Crippen molar-refractivity contribution in [3.8, 4) is 0 Å². The van der Waals surface area contributed by atoms with E-state index in [1.165, 1.54) is 13.0 Å². The van der Waals surface area contributed by atoms with Gasteiger partial charge < -0.3 is 41.3 Å². The number of piperidine rings is 1. The number of carboxylic acid groups (broad SMARTS) is 1. The van der Waals surface area contributed by atoms with E-state index in [-0.39, 0.29) is 78.7 Å². The van der Waals surface area contributed by atoms with Crippen LogP contribution in [-0.2, 0) is 44.7 Å². The summed E-state index contributed by atoms with van der Waals surface area (Å²) in [5.41, 5.74) is 7.75. The number of carboxylic acids is 1. The van der Waals surface area contributed by atoms with Crippen molar-refractivity contribution in [2.45, 2.75) is 176 Å². The van der Waals surface area contributed by atoms with Crippen LogP contribution in [0.1, 0.15) is 166 Å². The highest BCUT2D eigenvalue weighted by Gasteiger charge is 2.39. The highest BCUT2D eigenvalue weighted by molar-refractivity contribution is 7.09. The van der Waals surface area contributed by atoms with Gasteiger partial charge in [0, 0.05) is 80.1 Å². The summed E-state index contributed by atoms with van der Waals surface area (Å²) in [5.74, 6) is -4.10. The van der Waals surface area contributed by atoms with Gasteiger partial charge in [-0.1, -0.05) is 79.5 Å². The molecule has 18 nitrogen and oxygen atoms in total. The molecule has 1 fully saturated rings. The van der Waals surface area contributed by atoms with E-state index in [0.29, 0.717) is 80.5 Å². The third-order valence-electron chi connectivity index (χ3n) is 15.1. The van der Waals surface area contributed by atoms with E-state index in [0.717, 1.165) is 49.1 Å². The molecule has 0 aliphatic carbocycles. The Bertz CT molecular complexity index is 2340. The van der Waals surface area contributed by atoms with Crippen LogP contribution in [0.3, 0.4) is 0 Å². The highest BCUT2D eigenvalue weighted by Crippen LogP contribution is 2.32. The van der Waals surface area contributed by atoms with E-state index in [2.05, 4.69) is 34.4 Å². The molecule has 5 amide bonds. The SMILES string of the molecule is C=C1C=CC(=O)N1CCCCCC(=O)C[C@@H](CCCCN)C(=O)Nc1ccc(C[C@@H](C[C@H](C)C(=O)O)NC(=O)c2csc([C@@H](C[C@H](C(C)C)N(CC)C(=O)[C@@H](NC(=O)[C@H]3C[C@H](C)CCN3C)[C@@H](C)CC)OC(C)=O)n2)cc1. The van der Waals surface area contributed by atoms with Gasteiger partial charge in [0.25, 0.3) is 11.8 Å². The molecule has 0 spiro atoms. The Morgan fingerprint density at radius 2 is 1.69 bits per heavy atom. The molecule has 1 aromatic heterocycles. The predicted octanol–water partition coefficient (Wildman–Crippen LogP) is 7.84. The number of anilines is 1. The first kappa shape index (κ1) is 63.7. The van der Waals surface area contributed by atoms with Gasteiger partial charge in [0.15, 0.2) is 6.10 Å². The molecule has 0 saturated carbocycles. The third-order valence-corrected chi connectivity index (χ3v) is 16.1. The van der Waals surface area contributed by atoms with Gasteiger partial charge in [-0.05, 0) is 120 Å². The number of aromatic nitrogens is 1. The Labute approximate surface area is 460 Å². The molecule has 2 aliphatic rings. The fourth-order valence-corrected chi connectivity index (χ4v) is 11.0. The quantitative estimate of drug-likeness (QED) is 0.0338. The van der Waals surface area contributed by atoms with Crippen LogP contribution in [0.25, 0.3) is 0 Å². The number of hydrogen-bond acceptors (Lipinski definition) is 13. The fraction of sp³-hybridized carbons (Fsp3) is 0.638. The normalized spacial score (nSPS) is 18.5. The molecule has 0 unspecified atom stereocenters. The lowest BCUT2D eigenvalue weighted by Crippen LogP contribution is -2.59. The average molecular weight is 1090 g/mol. The number of nitrogens with two attached hydrogens (primary N) is 1. The maximum absolute atomic E-state index is 14.7. The van der Waals surface area contributed by atoms with Crippen LogP contribution in [0, 0.1) is 29.6 Å². The summed E-state index contributed by atoms with van der Waals surface area (Å²) in [7, 11) is 1.94. The van der Waals surface area contributed by atoms with Gasteiger partial charge in [-0.15, -0.1) is 11.3 Å². The molecule has 19 heteroatoms. The van der Waals surface area contributed by atoms with Crippen LogP contribution in [0.4, 0.5) is 5.69 Å². The topological polar surface area (TPSA) is 251 Å². The fourth-order valence-electron chi connectivity index (χ4n) is 10.1. The summed E-state index contributed by atoms with van der Waals surface area (Å²) in [6.45, 7) is 20.8. The minimum absolute atomic E-state index is 0.00299. The second-order valence-electron chi connectivity index (χ2n) is 21.7. The van der Waals surface area contributed by atoms with E-state index in [1.54, 1.807) is 52.4 Å². The summed E-state index contributed by atoms with van der Waals surface area (Å²) >= 11 is 1.14. The largest absolute Gasteiger partial charge is 0.481 e. The number of carbonyl (C=O) groups is 8. The van der Waals surface area contributed by atoms with Crippen molar-refractivity contribution in [2.75, 3.05) is 38.5 Å². The molecule has 2 aromatic rings. The Hall–Kier alpha value is -5.79. The molecule has 4 rings (SSSR count). The molecule has 6 N–H and O–H groups in total. The second kappa shape index (κ2) is 31.6. The first-order valence-corrected chi connectivity index (χ1v) is 28.7. The molecule has 0 radical (unpaired) electrons. The van der Waals surface area contributed by atoms with Crippen LogP contribution in [0.2, 0.25) is 0 Å². The Morgan fingerprint density at radius 1 is 0.974 bits per heavy atom. The minimum atomic E-state index is -1.02. The average Bonchev–Trinajstić information content (AvgIpc) is 4.01. The lowest BCUT2D eigenvalue weighted by atomic mass is 9.90. The summed E-state index contributed by atoms with van der Waals surface area (Å²) in [6, 6.07) is 4.86. The summed E-state index contributed by atoms with van der Waals surface area (Å²) < 4.78 is 5.88. The zero-order chi connectivity index (χ0) is 56.9. The molecule has 9 atom stereocenters. The van der Waals surface area contributed by atoms with Gasteiger partial charge in [0.2, 0.25) is 17.7 Å². The molecule has 77 heavy (non-hydrogen) atoms. The van der Waals surface area contributed by atoms with Crippen LogP contribution in [0.5, 0.6) is 0 Å². The molecular formula is C58H88N8O10S. The number of hydrogen-bond donors (Lipinski definition) is 5. The summed E-state index contributed by atoms with van der Waals surface area (Å²) in [6.07, 6.45) is 9.67. The Kier molecular flexibility index (Phi) is 26.1. The van der Waals surface area contributed by atoms with Crippen molar-refractivity contribution < 1.29 is 48.2 Å². The number of carbonyl (C=O) groups excluding carboxylic acids is 7. The van der Waals surface area contributed by atoms with E-state index in [9.17, 15) is 43.5 Å². The minimum Gasteiger partial charge on any atom is -0.481 e. The third kappa shape index (κ3) is 19.9. The number of Topliss-reactive ketones (excluding diaryl/α,β-unsaturated/α-hetero) is 1. The van der Waals surface area contributed by atoms with Crippen molar-refractivity contribution in [2.24, 2.45) is 35.3 Å². The maximum atomic E-state index is 14.7. The first-order chi connectivity index (χ1) is 36.6. The molecular weight excluding hydrogens is 1000 g/mol. The number of unbranched alkanes of at least 4 members (excludes halogenated alkanes) is 3. The Balaban J connectivity index is 1.44. The van der Waals surface area contributed by atoms with Crippen LogP contribution in [-0.4, -0.2) is 129 Å². The van der Waals surface area contributed by atoms with Gasteiger partial charge in [0.05, 0.1) is 12.0 Å². The number of ether oxygens (including phenoxy) is 1. The number of nitrogens with one attached hydrogen (secondary N) is 3. The van der Waals surface area contributed by atoms with Gasteiger partial charge in [0.1, 0.15) is 22.5 Å². The highest BCUT2D eigenvalue weighted by atomic mass is 32.1. The summed E-state index contributed by atoms with van der Waals surface area (Å²) in [5, 5.41) is 20.9. The van der Waals surface area contributed by atoms with Crippen molar-refractivity contribution in [3.05, 3.63) is 70.3 Å². The Morgan fingerprint density at radius 3 is 2.30 bits per heavy atom. The van der Waals surface area contributed by atoms with Crippen molar-refractivity contribution in [1.29, 1.82) is 0 Å². The van der Waals surface area contributed by atoms with E-state index >= 15 is 0 Å². The molecule has 3 heterocycles. The lowest BCUT2D eigenvalue weighted by molar-refractivity contribution is -0.149. The molecule has 1 saturated heterocycles. The van der Waals surface area contributed by atoms with Gasteiger partial charge in [-0.2, -0.15) is 0 Å². The summed E-state index contributed by atoms with van der Waals surface area (Å²) in [4.78, 5) is 116. The molecule has 426 valence electrons. The number of amides is 5. The first-order valence-electron chi connectivity index (χ1n) is 27.8. The molecule has 0 bridgehead atoms. The number of aliphatic carboxylic acids is 1. The smallest absolute Gasteiger partial charge is 0.306 e. The predicted molar refractivity (Wildman–Crippen MR) is 299 cm³/mol. The van der Waals surface area contributed by atoms with E-state index < -0.39 is 53.9 Å². The number of thiazole rings is 1. The van der Waals surface area contributed by atoms with Crippen LogP contribution < -0.4 is 21.7 Å². The van der Waals surface area contributed by atoms with E-state index in [4.69, 9.17) is 10.5 Å². The van der Waals surface area contributed by atoms with E-state index in [1.807, 2.05) is 46.6 Å². The standard InChI is InChI=1S/C58H88N8O10S/c1-11-38(6)52(63-55(72)49-30-37(5)26-29-64(49)10)57(73)65(12-2)48(36(3)4)34-50(76-41(9)67)56-62-47(35-77-56)54(71)61-45(31-39(7)58(74)75)32-42-21-23-44(24-22-42)60-53(70)43(18-15-16-27-59)33-46(68)19-14-13-17-28-66-40(8)20-25-51(66)69/h20-25,35-39,43,45,48-50,52H,8,11-19,26-34,59H2,1-7,9-10H3,(H,60,70)(H,61,71)(H,63,72)(H,74,75)/t37-,38+,39+,43-,45-,48-,49-,50-,52+/m1/s1. The van der Waals surface area contributed by atoms with Crippen molar-refractivity contribution in [1.82, 2.24) is 30.3 Å². The number of likely N-dealkylation sites (N-methyl/N-ethyl adjacent to an activating group) is 2. The van der Waals surface area contributed by atoms with Crippen molar-refractivity contribution in [3.63, 3.8) is 0 Å². The number of nitrogens with zero attached hydrogens (tertiary/aromatic N) is 4. The van der Waals surface area contributed by atoms with Gasteiger partial charge >= 0.3 is 11.9 Å². The number of esters is 1. The monoisotopic (exact) mass is 1090 g/mol. The molecule has 2 aliphatic heterocycles. The van der Waals surface area contributed by atoms with Crippen LogP contribution >= 0.6 is 11.3 Å². The number of rotatable bonds is 33. The number of ketones is 1. The zero-order valence-electron chi connectivity index (χ0n) is 47.1. The van der Waals surface area contributed by atoms with Crippen LogP contribution in [0.15, 0.2) is 54.1 Å². The number of likely N-dealkylation sites (tertiary alicyclic amines) is 1. The lowest BCUT2D eigenvalue weighted by Gasteiger charge is -2.40. The molecule has 1 aromatic carbocycles. The maximum Gasteiger partial charge on any atom is 0.306 e. The second-order valence-corrected chi connectivity index (χ2v) is 22.6. The number of benzene rings is 1. The van der Waals surface area contributed by atoms with Crippen molar-refractivity contribution >= 4 is 64.3 Å².